The fraction of sp³-hybridized carbons (Fsp3) is 1.00. The maximum atomic E-state index is 11.4. The zero-order valence-electron chi connectivity index (χ0n) is 11.1. The number of ether oxygens (including phenoxy) is 2. The van der Waals surface area contributed by atoms with E-state index in [0.29, 0.717) is 19.7 Å². The molecule has 0 amide bonds. The molecule has 0 saturated carbocycles. The SMILES string of the molecule is COCC(CNCCC1CS(=O)(=O)CCN1)OC. The predicted molar refractivity (Wildman–Crippen MR) is 70.6 cm³/mol. The van der Waals surface area contributed by atoms with Gasteiger partial charge in [-0.1, -0.05) is 0 Å². The van der Waals surface area contributed by atoms with Gasteiger partial charge in [0.1, 0.15) is 0 Å². The normalized spacial score (nSPS) is 24.9. The van der Waals surface area contributed by atoms with Crippen molar-refractivity contribution in [2.45, 2.75) is 18.6 Å². The summed E-state index contributed by atoms with van der Waals surface area (Å²) in [6.45, 7) is 2.61. The van der Waals surface area contributed by atoms with E-state index in [1.165, 1.54) is 0 Å². The van der Waals surface area contributed by atoms with Gasteiger partial charge in [-0.15, -0.1) is 0 Å². The zero-order valence-corrected chi connectivity index (χ0v) is 12.0. The summed E-state index contributed by atoms with van der Waals surface area (Å²) in [7, 11) is 0.461. The third kappa shape index (κ3) is 6.10. The Morgan fingerprint density at radius 3 is 2.83 bits per heavy atom. The van der Waals surface area contributed by atoms with E-state index in [1.807, 2.05) is 0 Å². The Morgan fingerprint density at radius 1 is 1.44 bits per heavy atom. The van der Waals surface area contributed by atoms with Crippen molar-refractivity contribution >= 4 is 9.84 Å². The van der Waals surface area contributed by atoms with Crippen LogP contribution in [0.1, 0.15) is 6.42 Å². The molecule has 0 bridgehead atoms. The first kappa shape index (κ1) is 15.8. The minimum absolute atomic E-state index is 0.0399. The molecule has 1 aliphatic rings. The van der Waals surface area contributed by atoms with Crippen LogP contribution in [0.5, 0.6) is 0 Å². The first-order chi connectivity index (χ1) is 8.57. The van der Waals surface area contributed by atoms with Crippen LogP contribution in [0.4, 0.5) is 0 Å². The quantitative estimate of drug-likeness (QED) is 0.556. The maximum absolute atomic E-state index is 11.4. The van der Waals surface area contributed by atoms with Crippen molar-refractivity contribution in [3.63, 3.8) is 0 Å². The summed E-state index contributed by atoms with van der Waals surface area (Å²) in [5, 5.41) is 6.48. The van der Waals surface area contributed by atoms with Crippen LogP contribution in [0.15, 0.2) is 0 Å². The Balaban J connectivity index is 2.14. The van der Waals surface area contributed by atoms with Gasteiger partial charge < -0.3 is 20.1 Å². The molecule has 1 fully saturated rings. The van der Waals surface area contributed by atoms with E-state index in [4.69, 9.17) is 9.47 Å². The van der Waals surface area contributed by atoms with E-state index in [1.54, 1.807) is 14.2 Å². The molecule has 0 aromatic rings. The molecule has 0 aromatic heterocycles. The Kier molecular flexibility index (Phi) is 7.10. The van der Waals surface area contributed by atoms with Crippen LogP contribution in [-0.2, 0) is 19.3 Å². The Hall–Kier alpha value is -0.210. The Labute approximate surface area is 109 Å². The third-order valence-corrected chi connectivity index (χ3v) is 4.77. The summed E-state index contributed by atoms with van der Waals surface area (Å²) in [5.74, 6) is 0.511. The molecule has 2 atom stereocenters. The second-order valence-electron chi connectivity index (χ2n) is 4.57. The highest BCUT2D eigenvalue weighted by atomic mass is 32.2. The van der Waals surface area contributed by atoms with Gasteiger partial charge in [0.2, 0.25) is 0 Å². The first-order valence-corrected chi connectivity index (χ1v) is 8.06. The maximum Gasteiger partial charge on any atom is 0.153 e. The lowest BCUT2D eigenvalue weighted by Crippen LogP contribution is -2.46. The van der Waals surface area contributed by atoms with Crippen molar-refractivity contribution in [2.75, 3.05) is 52.0 Å². The van der Waals surface area contributed by atoms with Crippen molar-refractivity contribution < 1.29 is 17.9 Å². The van der Waals surface area contributed by atoms with E-state index in [-0.39, 0.29) is 23.7 Å². The van der Waals surface area contributed by atoms with Gasteiger partial charge in [0.05, 0.1) is 24.2 Å². The molecule has 1 aliphatic heterocycles. The molecule has 2 unspecified atom stereocenters. The van der Waals surface area contributed by atoms with Crippen LogP contribution in [0.25, 0.3) is 0 Å². The molecular weight excluding hydrogens is 256 g/mol. The molecule has 7 heteroatoms. The van der Waals surface area contributed by atoms with Crippen molar-refractivity contribution in [3.8, 4) is 0 Å². The van der Waals surface area contributed by atoms with E-state index in [2.05, 4.69) is 10.6 Å². The molecular formula is C11H24N2O4S. The summed E-state index contributed by atoms with van der Waals surface area (Å²) < 4.78 is 33.1. The smallest absolute Gasteiger partial charge is 0.153 e. The fourth-order valence-electron chi connectivity index (χ4n) is 1.99. The second kappa shape index (κ2) is 8.06. The molecule has 18 heavy (non-hydrogen) atoms. The number of methoxy groups -OCH3 is 2. The van der Waals surface area contributed by atoms with Gasteiger partial charge in [0, 0.05) is 33.4 Å². The summed E-state index contributed by atoms with van der Waals surface area (Å²) in [4.78, 5) is 0. The van der Waals surface area contributed by atoms with E-state index in [9.17, 15) is 8.42 Å². The highest BCUT2D eigenvalue weighted by Gasteiger charge is 2.23. The lowest BCUT2D eigenvalue weighted by molar-refractivity contribution is 0.0289. The van der Waals surface area contributed by atoms with Gasteiger partial charge in [-0.3, -0.25) is 0 Å². The fourth-order valence-corrected chi connectivity index (χ4v) is 3.48. The van der Waals surface area contributed by atoms with E-state index < -0.39 is 9.84 Å². The number of hydrogen-bond acceptors (Lipinski definition) is 6. The van der Waals surface area contributed by atoms with Crippen LogP contribution in [0, 0.1) is 0 Å². The van der Waals surface area contributed by atoms with Gasteiger partial charge in [0.15, 0.2) is 9.84 Å². The monoisotopic (exact) mass is 280 g/mol. The molecule has 0 aliphatic carbocycles. The van der Waals surface area contributed by atoms with Crippen LogP contribution < -0.4 is 10.6 Å². The molecule has 0 spiro atoms. The topological polar surface area (TPSA) is 76.7 Å². The van der Waals surface area contributed by atoms with Crippen LogP contribution in [-0.4, -0.2) is 72.5 Å². The molecule has 1 saturated heterocycles. The summed E-state index contributed by atoms with van der Waals surface area (Å²) in [5.41, 5.74) is 0. The number of sulfone groups is 1. The first-order valence-electron chi connectivity index (χ1n) is 6.23. The van der Waals surface area contributed by atoms with Crippen molar-refractivity contribution in [3.05, 3.63) is 0 Å². The Morgan fingerprint density at radius 2 is 2.22 bits per heavy atom. The van der Waals surface area contributed by atoms with Crippen molar-refractivity contribution in [1.29, 1.82) is 0 Å². The minimum atomic E-state index is -2.83. The van der Waals surface area contributed by atoms with E-state index in [0.717, 1.165) is 13.0 Å². The highest BCUT2D eigenvalue weighted by molar-refractivity contribution is 7.91. The van der Waals surface area contributed by atoms with Crippen molar-refractivity contribution in [2.24, 2.45) is 0 Å². The molecule has 6 nitrogen and oxygen atoms in total. The molecule has 1 rings (SSSR count). The highest BCUT2D eigenvalue weighted by Crippen LogP contribution is 2.04. The lowest BCUT2D eigenvalue weighted by Gasteiger charge is -2.24. The molecule has 0 aromatic carbocycles. The largest absolute Gasteiger partial charge is 0.382 e. The summed E-state index contributed by atoms with van der Waals surface area (Å²) in [6.07, 6.45) is 0.848. The van der Waals surface area contributed by atoms with Crippen LogP contribution in [0.3, 0.4) is 0 Å². The summed E-state index contributed by atoms with van der Waals surface area (Å²) >= 11 is 0. The van der Waals surface area contributed by atoms with Crippen LogP contribution >= 0.6 is 0 Å². The van der Waals surface area contributed by atoms with Crippen molar-refractivity contribution in [1.82, 2.24) is 10.6 Å². The lowest BCUT2D eigenvalue weighted by atomic mass is 10.2. The molecule has 1 heterocycles. The van der Waals surface area contributed by atoms with Gasteiger partial charge in [-0.05, 0) is 13.0 Å². The summed E-state index contributed by atoms with van der Waals surface area (Å²) in [6, 6.07) is 0.0691. The standard InChI is InChI=1S/C11H24N2O4S/c1-16-8-11(17-2)7-12-4-3-10-9-18(14,15)6-5-13-10/h10-13H,3-9H2,1-2H3. The minimum Gasteiger partial charge on any atom is -0.382 e. The average Bonchev–Trinajstić information content (AvgIpc) is 2.32. The van der Waals surface area contributed by atoms with Crippen LogP contribution in [0.2, 0.25) is 0 Å². The van der Waals surface area contributed by atoms with Gasteiger partial charge in [0.25, 0.3) is 0 Å². The molecule has 0 radical (unpaired) electrons. The Bertz CT molecular complexity index is 321. The average molecular weight is 280 g/mol. The second-order valence-corrected chi connectivity index (χ2v) is 6.80. The predicted octanol–water partition coefficient (Wildman–Crippen LogP) is -0.986. The number of hydrogen-bond donors (Lipinski definition) is 2. The van der Waals surface area contributed by atoms with Gasteiger partial charge >= 0.3 is 0 Å². The van der Waals surface area contributed by atoms with Gasteiger partial charge in [-0.2, -0.15) is 0 Å². The number of rotatable bonds is 8. The third-order valence-electron chi connectivity index (χ3n) is 3.03. The molecule has 2 N–H and O–H groups in total. The number of nitrogens with one attached hydrogen (secondary N) is 2. The van der Waals surface area contributed by atoms with Gasteiger partial charge in [-0.25, -0.2) is 8.42 Å². The molecule has 108 valence electrons. The van der Waals surface area contributed by atoms with E-state index >= 15 is 0 Å². The zero-order chi connectivity index (χ0) is 13.4.